The van der Waals surface area contributed by atoms with Crippen molar-refractivity contribution in [1.82, 2.24) is 9.97 Å². The molecule has 0 unspecified atom stereocenters. The number of aryl methyl sites for hydroxylation is 1. The van der Waals surface area contributed by atoms with Gasteiger partial charge in [-0.3, -0.25) is 0 Å². The summed E-state index contributed by atoms with van der Waals surface area (Å²) in [6, 6.07) is 8.21. The van der Waals surface area contributed by atoms with Crippen LogP contribution in [0.5, 0.6) is 0 Å². The second kappa shape index (κ2) is 4.89. The van der Waals surface area contributed by atoms with Crippen LogP contribution >= 0.6 is 0 Å². The molecule has 0 aliphatic rings. The van der Waals surface area contributed by atoms with E-state index < -0.39 is 0 Å². The van der Waals surface area contributed by atoms with Crippen LogP contribution < -0.4 is 0 Å². The molecular formula is C16H20N2. The van der Waals surface area contributed by atoms with Crippen LogP contribution in [0.25, 0.3) is 11.4 Å². The van der Waals surface area contributed by atoms with Gasteiger partial charge in [-0.1, -0.05) is 45.0 Å². The fraction of sp³-hybridized carbons (Fsp3) is 0.375. The highest BCUT2D eigenvalue weighted by Crippen LogP contribution is 2.22. The van der Waals surface area contributed by atoms with Gasteiger partial charge >= 0.3 is 0 Å². The molecule has 0 aliphatic heterocycles. The van der Waals surface area contributed by atoms with Gasteiger partial charge in [-0.25, -0.2) is 9.97 Å². The highest BCUT2D eigenvalue weighted by atomic mass is 14.9. The number of hydrogen-bond donors (Lipinski definition) is 0. The molecule has 0 N–H and O–H groups in total. The lowest BCUT2D eigenvalue weighted by molar-refractivity contribution is 0.410. The zero-order valence-electron chi connectivity index (χ0n) is 11.6. The Hall–Kier alpha value is -1.70. The number of aromatic nitrogens is 2. The fourth-order valence-electron chi connectivity index (χ4n) is 2.02. The molecule has 0 radical (unpaired) electrons. The first-order valence-corrected chi connectivity index (χ1v) is 6.33. The average Bonchev–Trinajstić information content (AvgIpc) is 2.29. The van der Waals surface area contributed by atoms with E-state index in [0.29, 0.717) is 0 Å². The number of benzene rings is 1. The molecule has 94 valence electrons. The van der Waals surface area contributed by atoms with Gasteiger partial charge in [0, 0.05) is 18.0 Å². The minimum atomic E-state index is 0.271. The van der Waals surface area contributed by atoms with Gasteiger partial charge in [0.2, 0.25) is 0 Å². The molecule has 18 heavy (non-hydrogen) atoms. The normalized spacial score (nSPS) is 11.6. The molecule has 1 heterocycles. The summed E-state index contributed by atoms with van der Waals surface area (Å²) in [5, 5.41) is 0. The Kier molecular flexibility index (Phi) is 3.46. The predicted molar refractivity (Wildman–Crippen MR) is 75.4 cm³/mol. The van der Waals surface area contributed by atoms with Gasteiger partial charge in [0.1, 0.15) is 0 Å². The molecule has 0 saturated heterocycles. The molecule has 0 aliphatic carbocycles. The lowest BCUT2D eigenvalue weighted by atomic mass is 9.89. The van der Waals surface area contributed by atoms with E-state index in [2.05, 4.69) is 49.8 Å². The van der Waals surface area contributed by atoms with Crippen molar-refractivity contribution < 1.29 is 0 Å². The first kappa shape index (κ1) is 12.7. The molecular weight excluding hydrogens is 220 g/mol. The van der Waals surface area contributed by atoms with E-state index in [9.17, 15) is 0 Å². The Morgan fingerprint density at radius 2 is 1.61 bits per heavy atom. The summed E-state index contributed by atoms with van der Waals surface area (Å²) in [6.45, 7) is 8.76. The maximum absolute atomic E-state index is 4.48. The van der Waals surface area contributed by atoms with Crippen LogP contribution in [-0.4, -0.2) is 9.97 Å². The predicted octanol–water partition coefficient (Wildman–Crippen LogP) is 4.04. The first-order chi connectivity index (χ1) is 8.46. The van der Waals surface area contributed by atoms with Crippen molar-refractivity contribution in [2.75, 3.05) is 0 Å². The highest BCUT2D eigenvalue weighted by molar-refractivity contribution is 5.59. The molecule has 0 spiro atoms. The van der Waals surface area contributed by atoms with Gasteiger partial charge < -0.3 is 0 Å². The molecule has 1 aromatic heterocycles. The molecule has 0 amide bonds. The van der Waals surface area contributed by atoms with Gasteiger partial charge in [0.05, 0.1) is 0 Å². The van der Waals surface area contributed by atoms with E-state index in [0.717, 1.165) is 17.8 Å². The molecule has 0 atom stereocenters. The standard InChI is InChI=1S/C16H20N2/c1-12-7-5-6-8-14(12)15-17-10-13(11-18-15)9-16(2,3)4/h5-8,10-11H,9H2,1-4H3. The second-order valence-electron chi connectivity index (χ2n) is 5.97. The zero-order chi connectivity index (χ0) is 13.2. The van der Waals surface area contributed by atoms with E-state index in [1.165, 1.54) is 11.1 Å². The lowest BCUT2D eigenvalue weighted by Crippen LogP contribution is -2.09. The molecule has 2 rings (SSSR count). The summed E-state index contributed by atoms with van der Waals surface area (Å²) >= 11 is 0. The van der Waals surface area contributed by atoms with Crippen molar-refractivity contribution in [3.05, 3.63) is 47.8 Å². The number of hydrogen-bond acceptors (Lipinski definition) is 2. The Morgan fingerprint density at radius 1 is 1.00 bits per heavy atom. The highest BCUT2D eigenvalue weighted by Gasteiger charge is 2.12. The molecule has 0 bridgehead atoms. The first-order valence-electron chi connectivity index (χ1n) is 6.33. The van der Waals surface area contributed by atoms with Gasteiger partial charge in [0.25, 0.3) is 0 Å². The third-order valence-electron chi connectivity index (χ3n) is 2.83. The van der Waals surface area contributed by atoms with Crippen LogP contribution in [0, 0.1) is 12.3 Å². The molecule has 2 aromatic rings. The van der Waals surface area contributed by atoms with Crippen molar-refractivity contribution in [3.63, 3.8) is 0 Å². The van der Waals surface area contributed by atoms with Gasteiger partial charge in [-0.2, -0.15) is 0 Å². The molecule has 1 aromatic carbocycles. The third-order valence-corrected chi connectivity index (χ3v) is 2.83. The Balaban J connectivity index is 2.26. The summed E-state index contributed by atoms with van der Waals surface area (Å²) in [6.07, 6.45) is 4.89. The number of rotatable bonds is 2. The van der Waals surface area contributed by atoms with E-state index in [-0.39, 0.29) is 5.41 Å². The van der Waals surface area contributed by atoms with Gasteiger partial charge in [-0.15, -0.1) is 0 Å². The molecule has 2 nitrogen and oxygen atoms in total. The maximum atomic E-state index is 4.48. The van der Waals surface area contributed by atoms with E-state index >= 15 is 0 Å². The van der Waals surface area contributed by atoms with Crippen LogP contribution in [0.3, 0.4) is 0 Å². The van der Waals surface area contributed by atoms with Crippen molar-refractivity contribution in [2.24, 2.45) is 5.41 Å². The van der Waals surface area contributed by atoms with Crippen LogP contribution in [0.1, 0.15) is 31.9 Å². The second-order valence-corrected chi connectivity index (χ2v) is 5.97. The molecule has 0 fully saturated rings. The topological polar surface area (TPSA) is 25.8 Å². The quantitative estimate of drug-likeness (QED) is 0.791. The Bertz CT molecular complexity index is 522. The zero-order valence-corrected chi connectivity index (χ0v) is 11.6. The van der Waals surface area contributed by atoms with E-state index in [1.807, 2.05) is 24.5 Å². The van der Waals surface area contributed by atoms with Crippen molar-refractivity contribution in [2.45, 2.75) is 34.1 Å². The maximum Gasteiger partial charge on any atom is 0.159 e. The lowest BCUT2D eigenvalue weighted by Gasteiger charge is -2.17. The van der Waals surface area contributed by atoms with Crippen molar-refractivity contribution >= 4 is 0 Å². The minimum Gasteiger partial charge on any atom is -0.236 e. The van der Waals surface area contributed by atoms with E-state index in [4.69, 9.17) is 0 Å². The Labute approximate surface area is 109 Å². The SMILES string of the molecule is Cc1ccccc1-c1ncc(CC(C)(C)C)cn1. The smallest absolute Gasteiger partial charge is 0.159 e. The number of nitrogens with zero attached hydrogens (tertiary/aromatic N) is 2. The summed E-state index contributed by atoms with van der Waals surface area (Å²) in [4.78, 5) is 8.97. The van der Waals surface area contributed by atoms with Crippen LogP contribution in [0.2, 0.25) is 0 Å². The van der Waals surface area contributed by atoms with Gasteiger partial charge in [0.15, 0.2) is 5.82 Å². The Morgan fingerprint density at radius 3 is 2.17 bits per heavy atom. The van der Waals surface area contributed by atoms with E-state index in [1.54, 1.807) is 0 Å². The fourth-order valence-corrected chi connectivity index (χ4v) is 2.02. The molecule has 0 saturated carbocycles. The van der Waals surface area contributed by atoms with Crippen LogP contribution in [0.4, 0.5) is 0 Å². The summed E-state index contributed by atoms with van der Waals surface area (Å²) in [7, 11) is 0. The summed E-state index contributed by atoms with van der Waals surface area (Å²) in [5.74, 6) is 0.811. The molecule has 2 heteroatoms. The monoisotopic (exact) mass is 240 g/mol. The average molecular weight is 240 g/mol. The summed E-state index contributed by atoms with van der Waals surface area (Å²) in [5.41, 5.74) is 3.79. The van der Waals surface area contributed by atoms with Crippen LogP contribution in [-0.2, 0) is 6.42 Å². The van der Waals surface area contributed by atoms with Crippen LogP contribution in [0.15, 0.2) is 36.7 Å². The third kappa shape index (κ3) is 3.16. The minimum absolute atomic E-state index is 0.271. The largest absolute Gasteiger partial charge is 0.236 e. The summed E-state index contributed by atoms with van der Waals surface area (Å²) < 4.78 is 0. The van der Waals surface area contributed by atoms with Crippen molar-refractivity contribution in [1.29, 1.82) is 0 Å². The van der Waals surface area contributed by atoms with Gasteiger partial charge in [-0.05, 0) is 29.9 Å². The van der Waals surface area contributed by atoms with Crippen molar-refractivity contribution in [3.8, 4) is 11.4 Å².